The predicted octanol–water partition coefficient (Wildman–Crippen LogP) is 2.01. The quantitative estimate of drug-likeness (QED) is 0.701. The fraction of sp³-hybridized carbons (Fsp3) is 0.417. The fourth-order valence-corrected chi connectivity index (χ4v) is 2.32. The highest BCUT2D eigenvalue weighted by Gasteiger charge is 2.27. The van der Waals surface area contributed by atoms with E-state index in [2.05, 4.69) is 12.2 Å². The highest BCUT2D eigenvalue weighted by Crippen LogP contribution is 2.40. The molecule has 0 spiro atoms. The maximum atomic E-state index is 11.7. The lowest BCUT2D eigenvalue weighted by atomic mass is 9.98. The van der Waals surface area contributed by atoms with Gasteiger partial charge in [-0.05, 0) is 13.0 Å². The molecular formula is C12H13NO2. The first-order chi connectivity index (χ1) is 7.25. The lowest BCUT2D eigenvalue weighted by molar-refractivity contribution is 0.0983. The molecule has 3 nitrogen and oxygen atoms in total. The maximum Gasteiger partial charge on any atom is 0.166 e. The van der Waals surface area contributed by atoms with E-state index in [1.165, 1.54) is 5.56 Å². The number of benzene rings is 1. The van der Waals surface area contributed by atoms with Gasteiger partial charge in [-0.2, -0.15) is 0 Å². The van der Waals surface area contributed by atoms with Crippen molar-refractivity contribution in [1.29, 1.82) is 0 Å². The number of anilines is 1. The van der Waals surface area contributed by atoms with Gasteiger partial charge in [-0.3, -0.25) is 4.79 Å². The normalized spacial score (nSPS) is 22.7. The average Bonchev–Trinajstić information content (AvgIpc) is 2.59. The molecule has 2 aliphatic heterocycles. The van der Waals surface area contributed by atoms with Crippen LogP contribution < -0.4 is 10.1 Å². The summed E-state index contributed by atoms with van der Waals surface area (Å²) in [6.07, 6.45) is 1.75. The first kappa shape index (κ1) is 8.77. The number of rotatable bonds is 0. The Morgan fingerprint density at radius 1 is 1.47 bits per heavy atom. The molecule has 0 radical (unpaired) electrons. The smallest absolute Gasteiger partial charge is 0.166 e. The second kappa shape index (κ2) is 2.99. The Bertz CT molecular complexity index is 439. The third-order valence-electron chi connectivity index (χ3n) is 3.02. The van der Waals surface area contributed by atoms with E-state index in [0.29, 0.717) is 6.42 Å². The van der Waals surface area contributed by atoms with Crippen LogP contribution in [0.25, 0.3) is 0 Å². The fourth-order valence-electron chi connectivity index (χ4n) is 2.32. The molecule has 0 aliphatic carbocycles. The summed E-state index contributed by atoms with van der Waals surface area (Å²) in [5.41, 5.74) is 2.91. The predicted molar refractivity (Wildman–Crippen MR) is 57.7 cm³/mol. The van der Waals surface area contributed by atoms with Gasteiger partial charge in [0.2, 0.25) is 0 Å². The van der Waals surface area contributed by atoms with Crippen molar-refractivity contribution in [3.8, 4) is 5.75 Å². The van der Waals surface area contributed by atoms with E-state index in [1.807, 2.05) is 12.1 Å². The van der Waals surface area contributed by atoms with Gasteiger partial charge in [0, 0.05) is 30.5 Å². The van der Waals surface area contributed by atoms with Gasteiger partial charge in [-0.25, -0.2) is 0 Å². The Kier molecular flexibility index (Phi) is 1.75. The standard InChI is InChI=1S/C12H13NO2/c1-7-6-8-2-3-9-10(14)4-5-13-11(9)12(8)15-7/h2-3,7,13H,4-6H2,1H3. The minimum absolute atomic E-state index is 0.217. The van der Waals surface area contributed by atoms with Crippen LogP contribution in [-0.4, -0.2) is 18.4 Å². The van der Waals surface area contributed by atoms with Gasteiger partial charge in [-0.15, -0.1) is 0 Å². The van der Waals surface area contributed by atoms with Gasteiger partial charge in [0.25, 0.3) is 0 Å². The third kappa shape index (κ3) is 1.23. The average molecular weight is 203 g/mol. The van der Waals surface area contributed by atoms with E-state index in [1.54, 1.807) is 0 Å². The van der Waals surface area contributed by atoms with Crippen molar-refractivity contribution in [3.05, 3.63) is 23.3 Å². The van der Waals surface area contributed by atoms with Gasteiger partial charge in [0.05, 0.1) is 5.69 Å². The summed E-state index contributed by atoms with van der Waals surface area (Å²) in [4.78, 5) is 11.7. The van der Waals surface area contributed by atoms with Gasteiger partial charge in [-0.1, -0.05) is 6.07 Å². The van der Waals surface area contributed by atoms with Gasteiger partial charge in [0.15, 0.2) is 5.78 Å². The minimum Gasteiger partial charge on any atom is -0.488 e. The molecule has 0 amide bonds. The van der Waals surface area contributed by atoms with E-state index in [9.17, 15) is 4.79 Å². The van der Waals surface area contributed by atoms with Crippen LogP contribution in [0.3, 0.4) is 0 Å². The van der Waals surface area contributed by atoms with Crippen LogP contribution in [0.2, 0.25) is 0 Å². The molecular weight excluding hydrogens is 190 g/mol. The summed E-state index contributed by atoms with van der Waals surface area (Å²) in [6, 6.07) is 3.94. The van der Waals surface area contributed by atoms with Gasteiger partial charge >= 0.3 is 0 Å². The molecule has 1 aromatic rings. The van der Waals surface area contributed by atoms with Gasteiger partial charge in [0.1, 0.15) is 11.9 Å². The van der Waals surface area contributed by atoms with Crippen molar-refractivity contribution in [2.45, 2.75) is 25.9 Å². The second-order valence-corrected chi connectivity index (χ2v) is 4.21. The number of fused-ring (bicyclic) bond motifs is 3. The number of carbonyl (C=O) groups excluding carboxylic acids is 1. The Morgan fingerprint density at radius 2 is 2.33 bits per heavy atom. The van der Waals surface area contributed by atoms with E-state index in [0.717, 1.165) is 30.0 Å². The Labute approximate surface area is 88.4 Å². The van der Waals surface area contributed by atoms with E-state index >= 15 is 0 Å². The van der Waals surface area contributed by atoms with Crippen LogP contribution in [0, 0.1) is 0 Å². The number of ketones is 1. The molecule has 0 bridgehead atoms. The van der Waals surface area contributed by atoms with Crippen LogP contribution in [0.4, 0.5) is 5.69 Å². The minimum atomic E-state index is 0.217. The summed E-state index contributed by atoms with van der Waals surface area (Å²) in [5, 5.41) is 3.27. The molecule has 1 atom stereocenters. The summed E-state index contributed by atoms with van der Waals surface area (Å²) in [5.74, 6) is 1.11. The molecule has 3 rings (SSSR count). The number of Topliss-reactive ketones (excluding diaryl/α,β-unsaturated/α-hetero) is 1. The zero-order valence-corrected chi connectivity index (χ0v) is 8.67. The summed E-state index contributed by atoms with van der Waals surface area (Å²) in [6.45, 7) is 2.77. The summed E-state index contributed by atoms with van der Waals surface area (Å²) < 4.78 is 5.74. The van der Waals surface area contributed by atoms with Crippen LogP contribution in [0.15, 0.2) is 12.1 Å². The van der Waals surface area contributed by atoms with Crippen LogP contribution in [-0.2, 0) is 6.42 Å². The van der Waals surface area contributed by atoms with E-state index < -0.39 is 0 Å². The zero-order valence-electron chi connectivity index (χ0n) is 8.67. The highest BCUT2D eigenvalue weighted by atomic mass is 16.5. The number of carbonyl (C=O) groups is 1. The van der Waals surface area contributed by atoms with Crippen molar-refractivity contribution >= 4 is 11.5 Å². The molecule has 0 saturated carbocycles. The molecule has 15 heavy (non-hydrogen) atoms. The maximum absolute atomic E-state index is 11.7. The zero-order chi connectivity index (χ0) is 10.4. The first-order valence-corrected chi connectivity index (χ1v) is 5.35. The number of hydrogen-bond acceptors (Lipinski definition) is 3. The lowest BCUT2D eigenvalue weighted by Gasteiger charge is -2.19. The monoisotopic (exact) mass is 203 g/mol. The molecule has 2 heterocycles. The first-order valence-electron chi connectivity index (χ1n) is 5.35. The molecule has 1 aromatic carbocycles. The second-order valence-electron chi connectivity index (χ2n) is 4.21. The van der Waals surface area contributed by atoms with Crippen LogP contribution in [0.1, 0.15) is 29.3 Å². The SMILES string of the molecule is CC1Cc2ccc3c(c2O1)NCCC3=O. The van der Waals surface area contributed by atoms with Gasteiger partial charge < -0.3 is 10.1 Å². The van der Waals surface area contributed by atoms with E-state index in [-0.39, 0.29) is 11.9 Å². The molecule has 1 N–H and O–H groups in total. The molecule has 2 aliphatic rings. The van der Waals surface area contributed by atoms with Crippen molar-refractivity contribution in [2.24, 2.45) is 0 Å². The summed E-state index contributed by atoms with van der Waals surface area (Å²) in [7, 11) is 0. The topological polar surface area (TPSA) is 38.3 Å². The molecule has 0 fully saturated rings. The number of ether oxygens (including phenoxy) is 1. The highest BCUT2D eigenvalue weighted by molar-refractivity contribution is 6.04. The van der Waals surface area contributed by atoms with E-state index in [4.69, 9.17) is 4.74 Å². The van der Waals surface area contributed by atoms with Crippen molar-refractivity contribution < 1.29 is 9.53 Å². The molecule has 78 valence electrons. The van der Waals surface area contributed by atoms with Crippen LogP contribution in [0.5, 0.6) is 5.75 Å². The summed E-state index contributed by atoms with van der Waals surface area (Å²) >= 11 is 0. The molecule has 3 heteroatoms. The largest absolute Gasteiger partial charge is 0.488 e. The Morgan fingerprint density at radius 3 is 3.20 bits per heavy atom. The molecule has 1 unspecified atom stereocenters. The lowest BCUT2D eigenvalue weighted by Crippen LogP contribution is -2.18. The van der Waals surface area contributed by atoms with Crippen molar-refractivity contribution in [3.63, 3.8) is 0 Å². The number of nitrogens with one attached hydrogen (secondary N) is 1. The molecule has 0 aromatic heterocycles. The molecule has 0 saturated heterocycles. The van der Waals surface area contributed by atoms with Crippen LogP contribution >= 0.6 is 0 Å². The Balaban J connectivity index is 2.16. The van der Waals surface area contributed by atoms with Crippen molar-refractivity contribution in [2.75, 3.05) is 11.9 Å². The third-order valence-corrected chi connectivity index (χ3v) is 3.02. The Hall–Kier alpha value is -1.51. The van der Waals surface area contributed by atoms with Crippen molar-refractivity contribution in [1.82, 2.24) is 0 Å². The number of hydrogen-bond donors (Lipinski definition) is 1.